The molecule has 0 saturated heterocycles. The predicted molar refractivity (Wildman–Crippen MR) is 267 cm³/mol. The third kappa shape index (κ3) is 12.5. The normalized spacial score (nSPS) is 13.4. The lowest BCUT2D eigenvalue weighted by Gasteiger charge is -2.28. The summed E-state index contributed by atoms with van der Waals surface area (Å²) in [6.45, 7) is 4.57. The van der Waals surface area contributed by atoms with E-state index in [4.69, 9.17) is 23.9 Å². The highest BCUT2D eigenvalue weighted by atomic mass is 32.2. The van der Waals surface area contributed by atoms with Crippen LogP contribution in [-0.2, 0) is 14.4 Å². The maximum Gasteiger partial charge on any atom is 0.415 e. The van der Waals surface area contributed by atoms with Gasteiger partial charge >= 0.3 is 24.1 Å². The van der Waals surface area contributed by atoms with Crippen molar-refractivity contribution in [2.24, 2.45) is 4.99 Å². The fraction of sp³-hybridized carbons (Fsp3) is 0.275. The Morgan fingerprint density at radius 2 is 1.19 bits per heavy atom. The van der Waals surface area contributed by atoms with Crippen LogP contribution in [0.15, 0.2) is 132 Å². The number of hydrogen-bond acceptors (Lipinski definition) is 13. The number of amides is 2. The first-order chi connectivity index (χ1) is 32.4. The quantitative estimate of drug-likeness (QED) is 0.0331. The number of unbranched alkanes of at least 4 members (excludes halogenated alkanes) is 3. The molecule has 0 aliphatic carbocycles. The van der Waals surface area contributed by atoms with Crippen molar-refractivity contribution in [3.8, 4) is 23.0 Å². The number of ketones is 1. The van der Waals surface area contributed by atoms with Gasteiger partial charge in [0.15, 0.2) is 17.3 Å². The van der Waals surface area contributed by atoms with Gasteiger partial charge in [-0.05, 0) is 86.8 Å². The molecule has 0 fully saturated rings. The number of carbonyl (C=O) groups excluding carboxylic acids is 5. The van der Waals surface area contributed by atoms with E-state index in [1.165, 1.54) is 76.0 Å². The number of carbonyl (C=O) groups is 5. The minimum absolute atomic E-state index is 0.00506. The molecule has 0 N–H and O–H groups in total. The van der Waals surface area contributed by atoms with Crippen LogP contribution in [0.2, 0.25) is 0 Å². The molecule has 1 aliphatic rings. The van der Waals surface area contributed by atoms with E-state index >= 15 is 0 Å². The topological polar surface area (TPSA) is 154 Å². The maximum absolute atomic E-state index is 14.0. The van der Waals surface area contributed by atoms with Crippen molar-refractivity contribution in [3.05, 3.63) is 132 Å². The first-order valence-corrected chi connectivity index (χ1v) is 25.7. The van der Waals surface area contributed by atoms with Crippen molar-refractivity contribution in [1.29, 1.82) is 0 Å². The number of aliphatic imine (C=N–C) groups is 1. The average Bonchev–Trinajstić information content (AvgIpc) is 4.00. The number of hydrogen-bond donors (Lipinski definition) is 0. The number of rotatable bonds is 19. The van der Waals surface area contributed by atoms with Gasteiger partial charge in [0.2, 0.25) is 0 Å². The van der Waals surface area contributed by atoms with Gasteiger partial charge in [0.05, 0.1) is 16.4 Å². The van der Waals surface area contributed by atoms with Gasteiger partial charge in [-0.15, -0.1) is 23.1 Å². The van der Waals surface area contributed by atoms with Gasteiger partial charge in [-0.2, -0.15) is 0 Å². The summed E-state index contributed by atoms with van der Waals surface area (Å²) in [5.41, 5.74) is 0.727. The van der Waals surface area contributed by atoms with Crippen LogP contribution >= 0.6 is 30.4 Å². The molecule has 1 aromatic heterocycles. The number of likely N-dealkylation sites (N-methyl/N-ethyl adjacent to an activating group) is 1. The Morgan fingerprint density at radius 1 is 0.627 bits per heavy atom. The molecule has 16 heteroatoms. The summed E-state index contributed by atoms with van der Waals surface area (Å²) < 4.78 is 22.7. The predicted octanol–water partition coefficient (Wildman–Crippen LogP) is 9.08. The van der Waals surface area contributed by atoms with E-state index < -0.39 is 31.4 Å². The fourth-order valence-corrected chi connectivity index (χ4v) is 14.3. The molecular formula is C51H52N4O9PS2+. The van der Waals surface area contributed by atoms with Gasteiger partial charge in [-0.1, -0.05) is 61.0 Å². The Bertz CT molecular complexity index is 2640. The smallest absolute Gasteiger partial charge is 0.415 e. The zero-order valence-electron chi connectivity index (χ0n) is 37.8. The molecule has 346 valence electrons. The summed E-state index contributed by atoms with van der Waals surface area (Å²) in [5, 5.41) is 5.46. The van der Waals surface area contributed by atoms with E-state index in [1.54, 1.807) is 37.1 Å². The molecule has 2 heterocycles. The van der Waals surface area contributed by atoms with Gasteiger partial charge in [0, 0.05) is 58.4 Å². The summed E-state index contributed by atoms with van der Waals surface area (Å²) in [4.78, 5) is 74.8. The van der Waals surface area contributed by atoms with Crippen LogP contribution in [0.1, 0.15) is 51.5 Å². The van der Waals surface area contributed by atoms with E-state index in [-0.39, 0.29) is 42.2 Å². The second-order valence-electron chi connectivity index (χ2n) is 15.9. The maximum atomic E-state index is 14.0. The molecule has 6 aromatic rings. The Morgan fingerprint density at radius 3 is 1.79 bits per heavy atom. The molecule has 67 heavy (non-hydrogen) atoms. The number of thioether (sulfide) groups is 1. The van der Waals surface area contributed by atoms with E-state index in [9.17, 15) is 24.0 Å². The van der Waals surface area contributed by atoms with Crippen LogP contribution in [0.5, 0.6) is 23.0 Å². The number of ether oxygens (including phenoxy) is 4. The largest absolute Gasteiger partial charge is 0.423 e. The van der Waals surface area contributed by atoms with Crippen molar-refractivity contribution in [2.75, 3.05) is 38.6 Å². The fourth-order valence-electron chi connectivity index (χ4n) is 7.67. The molecule has 13 nitrogen and oxygen atoms in total. The molecule has 0 bridgehead atoms. The van der Waals surface area contributed by atoms with Crippen LogP contribution in [0.4, 0.5) is 9.59 Å². The highest BCUT2D eigenvalue weighted by Crippen LogP contribution is 2.56. The van der Waals surface area contributed by atoms with Crippen LogP contribution in [0.25, 0.3) is 10.2 Å². The van der Waals surface area contributed by atoms with E-state index in [1.807, 2.05) is 0 Å². The number of thiazole rings is 1. The van der Waals surface area contributed by atoms with Gasteiger partial charge in [-0.25, -0.2) is 14.6 Å². The Balaban J connectivity index is 1.03. The monoisotopic (exact) mass is 959 g/mol. The number of fused-ring (bicyclic) bond motifs is 1. The number of aromatic nitrogens is 1. The van der Waals surface area contributed by atoms with E-state index in [0.29, 0.717) is 29.5 Å². The van der Waals surface area contributed by atoms with Crippen molar-refractivity contribution < 1.29 is 42.9 Å². The first kappa shape index (κ1) is 48.5. The number of Topliss-reactive ketones (excluding diaryl/α,β-unsaturated/α-hetero) is 1. The minimum Gasteiger partial charge on any atom is -0.423 e. The molecule has 1 unspecified atom stereocenters. The molecule has 0 radical (unpaired) electrons. The van der Waals surface area contributed by atoms with Gasteiger partial charge in [0.25, 0.3) is 0 Å². The molecule has 7 rings (SSSR count). The summed E-state index contributed by atoms with van der Waals surface area (Å²) in [6, 6.07) is 41.4. The van der Waals surface area contributed by atoms with Gasteiger partial charge in [0.1, 0.15) is 50.8 Å². The lowest BCUT2D eigenvalue weighted by atomic mass is 10.2. The second kappa shape index (κ2) is 22.9. The lowest BCUT2D eigenvalue weighted by Crippen LogP contribution is -2.42. The van der Waals surface area contributed by atoms with E-state index in [0.717, 1.165) is 40.7 Å². The van der Waals surface area contributed by atoms with Crippen LogP contribution in [0, 0.1) is 0 Å². The number of benzene rings is 5. The summed E-state index contributed by atoms with van der Waals surface area (Å²) in [6.07, 6.45) is 3.16. The van der Waals surface area contributed by atoms with Crippen molar-refractivity contribution in [2.45, 2.75) is 52.5 Å². The summed E-state index contributed by atoms with van der Waals surface area (Å²) in [7, 11) is -0.429. The third-order valence-electron chi connectivity index (χ3n) is 11.0. The van der Waals surface area contributed by atoms with Crippen LogP contribution < -0.4 is 34.9 Å². The van der Waals surface area contributed by atoms with Gasteiger partial charge in [-0.3, -0.25) is 19.4 Å². The zero-order valence-corrected chi connectivity index (χ0v) is 40.3. The molecule has 1 atom stereocenters. The molecule has 0 spiro atoms. The SMILES string of the molecule is CC(=O)Oc1ccc(OC(=O)N(C)CCN(CCCCCC[P+](c2ccccc2)(c2ccccc2)c2ccccc2)C(=O)Oc2ccc3nc(C4=NC(C(C)=O)CS4)sc3c2)cc1OC(C)=O. The summed E-state index contributed by atoms with van der Waals surface area (Å²) in [5.74, 6) is -0.353. The van der Waals surface area contributed by atoms with Crippen molar-refractivity contribution >= 4 is 91.4 Å². The van der Waals surface area contributed by atoms with Gasteiger partial charge < -0.3 is 28.7 Å². The summed E-state index contributed by atoms with van der Waals surface area (Å²) >= 11 is 2.93. The second-order valence-corrected chi connectivity index (χ2v) is 21.6. The number of nitrogens with zero attached hydrogens (tertiary/aromatic N) is 4. The Kier molecular flexibility index (Phi) is 16.6. The zero-order chi connectivity index (χ0) is 47.3. The third-order valence-corrected chi connectivity index (χ3v) is 17.8. The highest BCUT2D eigenvalue weighted by Gasteiger charge is 2.44. The lowest BCUT2D eigenvalue weighted by molar-refractivity contribution is -0.134. The molecule has 5 aromatic carbocycles. The average molecular weight is 960 g/mol. The Hall–Kier alpha value is -6.41. The standard InChI is InChI=1S/C51H52N4O9PS2/c1-35(56)44-34-66-48(53-44)49-52-43-26-24-39(33-47(43)67-49)64-51(60)55(30-29-54(4)50(59)63-38-25-27-45(61-36(2)57)46(32-38)62-37(3)58)28-16-5-6-17-31-65(40-18-10-7-11-19-40,41-20-12-8-13-21-41)42-22-14-9-15-23-42/h7-15,18-27,32-33,44H,5-6,16-17,28-31,34H2,1-4H3/q+1. The minimum atomic E-state index is -1.98. The van der Waals surface area contributed by atoms with Crippen LogP contribution in [-0.4, -0.2) is 94.4 Å². The van der Waals surface area contributed by atoms with Crippen molar-refractivity contribution in [1.82, 2.24) is 14.8 Å². The van der Waals surface area contributed by atoms with Crippen LogP contribution in [0.3, 0.4) is 0 Å². The molecule has 2 amide bonds. The van der Waals surface area contributed by atoms with E-state index in [2.05, 4.69) is 96.0 Å². The molecule has 1 aliphatic heterocycles. The number of esters is 2. The first-order valence-electron chi connectivity index (χ1n) is 22.0. The Labute approximate surface area is 398 Å². The molecular weight excluding hydrogens is 908 g/mol. The molecule has 0 saturated carbocycles. The van der Waals surface area contributed by atoms with Crippen molar-refractivity contribution in [3.63, 3.8) is 0 Å². The highest BCUT2D eigenvalue weighted by molar-refractivity contribution is 8.15.